The van der Waals surface area contributed by atoms with Crippen LogP contribution in [0.4, 0.5) is 0 Å². The molecule has 0 saturated heterocycles. The molecule has 0 heterocycles. The van der Waals surface area contributed by atoms with E-state index < -0.39 is 6.10 Å². The van der Waals surface area contributed by atoms with Crippen LogP contribution >= 0.6 is 11.8 Å². The predicted octanol–water partition coefficient (Wildman–Crippen LogP) is 4.94. The average molecular weight is 310 g/mol. The number of hydrogen-bond donors (Lipinski definition) is 1. The summed E-state index contributed by atoms with van der Waals surface area (Å²) in [5, 5.41) is 10.4. The van der Waals surface area contributed by atoms with Gasteiger partial charge in [0.25, 0.3) is 0 Å². The minimum absolute atomic E-state index is 0.511. The summed E-state index contributed by atoms with van der Waals surface area (Å²) in [7, 11) is 0. The van der Waals surface area contributed by atoms with Gasteiger partial charge in [-0.25, -0.2) is 0 Å². The number of aryl methyl sites for hydroxylation is 1. The molecular formula is C20H22OS. The summed E-state index contributed by atoms with van der Waals surface area (Å²) in [6, 6.07) is 20.4. The van der Waals surface area contributed by atoms with Crippen molar-refractivity contribution in [3.05, 3.63) is 88.8 Å². The first-order valence-corrected chi connectivity index (χ1v) is 8.65. The normalized spacial score (nSPS) is 12.9. The van der Waals surface area contributed by atoms with Crippen molar-refractivity contribution in [2.24, 2.45) is 0 Å². The van der Waals surface area contributed by atoms with E-state index in [0.29, 0.717) is 6.42 Å². The summed E-state index contributed by atoms with van der Waals surface area (Å²) in [6.07, 6.45) is 5.13. The molecule has 1 atom stereocenters. The van der Waals surface area contributed by atoms with Gasteiger partial charge in [0, 0.05) is 4.91 Å². The highest BCUT2D eigenvalue weighted by molar-refractivity contribution is 8.02. The van der Waals surface area contributed by atoms with Gasteiger partial charge in [-0.2, -0.15) is 0 Å². The van der Waals surface area contributed by atoms with E-state index in [0.717, 1.165) is 22.5 Å². The Morgan fingerprint density at radius 3 is 2.27 bits per heavy atom. The molecule has 22 heavy (non-hydrogen) atoms. The molecule has 0 fully saturated rings. The lowest BCUT2D eigenvalue weighted by atomic mass is 10.0. The highest BCUT2D eigenvalue weighted by Gasteiger charge is 2.13. The Labute approximate surface area is 137 Å². The molecule has 0 radical (unpaired) electrons. The quantitative estimate of drug-likeness (QED) is 0.731. The molecule has 1 unspecified atom stereocenters. The number of thioether (sulfide) groups is 1. The van der Waals surface area contributed by atoms with E-state index in [1.807, 2.05) is 42.7 Å². The van der Waals surface area contributed by atoms with E-state index in [2.05, 4.69) is 36.9 Å². The van der Waals surface area contributed by atoms with Crippen molar-refractivity contribution < 1.29 is 5.11 Å². The first-order valence-electron chi connectivity index (χ1n) is 7.42. The predicted molar refractivity (Wildman–Crippen MR) is 97.8 cm³/mol. The van der Waals surface area contributed by atoms with E-state index in [1.54, 1.807) is 11.8 Å². The van der Waals surface area contributed by atoms with E-state index in [4.69, 9.17) is 0 Å². The van der Waals surface area contributed by atoms with Crippen LogP contribution in [0, 0.1) is 0 Å². The molecule has 0 aliphatic heterocycles. The number of aliphatic hydroxyl groups is 1. The van der Waals surface area contributed by atoms with Gasteiger partial charge in [0.1, 0.15) is 0 Å². The third-order valence-corrected chi connectivity index (χ3v) is 4.41. The maximum absolute atomic E-state index is 10.4. The van der Waals surface area contributed by atoms with Crippen LogP contribution in [0.25, 0.3) is 6.08 Å². The molecule has 2 aromatic carbocycles. The van der Waals surface area contributed by atoms with Crippen molar-refractivity contribution in [1.29, 1.82) is 0 Å². The molecule has 0 bridgehead atoms. The van der Waals surface area contributed by atoms with E-state index in [1.165, 1.54) is 5.56 Å². The first-order chi connectivity index (χ1) is 10.7. The molecule has 2 aromatic rings. The molecule has 2 heteroatoms. The lowest BCUT2D eigenvalue weighted by Gasteiger charge is -2.16. The molecule has 0 saturated carbocycles. The van der Waals surface area contributed by atoms with Crippen LogP contribution in [0.2, 0.25) is 0 Å². The largest absolute Gasteiger partial charge is 0.388 e. The Balaban J connectivity index is 2.00. The number of benzene rings is 2. The zero-order valence-electron chi connectivity index (χ0n) is 12.9. The van der Waals surface area contributed by atoms with Crippen LogP contribution in [0.15, 0.2) is 77.7 Å². The SMILES string of the molecule is C=C(/C(=C/c1ccccc1)SC)C(O)CCc1ccccc1. The zero-order valence-corrected chi connectivity index (χ0v) is 13.7. The second-order valence-corrected chi connectivity index (χ2v) is 6.04. The fourth-order valence-corrected chi connectivity index (χ4v) is 2.92. The van der Waals surface area contributed by atoms with Crippen LogP contribution in [-0.2, 0) is 6.42 Å². The van der Waals surface area contributed by atoms with Gasteiger partial charge < -0.3 is 5.11 Å². The third kappa shape index (κ3) is 4.90. The van der Waals surface area contributed by atoms with Crippen molar-refractivity contribution in [2.45, 2.75) is 18.9 Å². The van der Waals surface area contributed by atoms with Crippen LogP contribution in [-0.4, -0.2) is 17.5 Å². The highest BCUT2D eigenvalue weighted by atomic mass is 32.2. The zero-order chi connectivity index (χ0) is 15.8. The highest BCUT2D eigenvalue weighted by Crippen LogP contribution is 2.27. The summed E-state index contributed by atoms with van der Waals surface area (Å²) in [5.41, 5.74) is 3.17. The van der Waals surface area contributed by atoms with Gasteiger partial charge in [0.15, 0.2) is 0 Å². The van der Waals surface area contributed by atoms with E-state index >= 15 is 0 Å². The second-order valence-electron chi connectivity index (χ2n) is 5.19. The molecule has 0 aliphatic carbocycles. The maximum Gasteiger partial charge on any atom is 0.0798 e. The van der Waals surface area contributed by atoms with Gasteiger partial charge in [0.05, 0.1) is 6.10 Å². The van der Waals surface area contributed by atoms with Gasteiger partial charge in [0.2, 0.25) is 0 Å². The lowest BCUT2D eigenvalue weighted by molar-refractivity contribution is 0.204. The molecule has 1 N–H and O–H groups in total. The van der Waals surface area contributed by atoms with Crippen LogP contribution in [0.3, 0.4) is 0 Å². The number of rotatable bonds is 7. The molecule has 0 amide bonds. The Bertz CT molecular complexity index is 617. The van der Waals surface area contributed by atoms with Crippen LogP contribution in [0.1, 0.15) is 17.5 Å². The number of hydrogen-bond acceptors (Lipinski definition) is 2. The lowest BCUT2D eigenvalue weighted by Crippen LogP contribution is -2.11. The summed E-state index contributed by atoms with van der Waals surface area (Å²) < 4.78 is 0. The third-order valence-electron chi connectivity index (χ3n) is 3.59. The molecule has 0 aromatic heterocycles. The average Bonchev–Trinajstić information content (AvgIpc) is 2.58. The van der Waals surface area contributed by atoms with Crippen molar-refractivity contribution >= 4 is 17.8 Å². The van der Waals surface area contributed by atoms with Crippen LogP contribution in [0.5, 0.6) is 0 Å². The fraction of sp³-hybridized carbons (Fsp3) is 0.200. The minimum atomic E-state index is -0.511. The Kier molecular flexibility index (Phi) is 6.50. The minimum Gasteiger partial charge on any atom is -0.388 e. The van der Waals surface area contributed by atoms with Gasteiger partial charge in [-0.05, 0) is 41.9 Å². The Morgan fingerprint density at radius 2 is 1.68 bits per heavy atom. The Hall–Kier alpha value is -1.77. The van der Waals surface area contributed by atoms with Gasteiger partial charge in [-0.3, -0.25) is 0 Å². The van der Waals surface area contributed by atoms with E-state index in [-0.39, 0.29) is 0 Å². The van der Waals surface area contributed by atoms with Gasteiger partial charge >= 0.3 is 0 Å². The monoisotopic (exact) mass is 310 g/mol. The summed E-state index contributed by atoms with van der Waals surface area (Å²) in [6.45, 7) is 4.10. The molecule has 114 valence electrons. The molecular weight excluding hydrogens is 288 g/mol. The van der Waals surface area contributed by atoms with Crippen LogP contribution < -0.4 is 0 Å². The van der Waals surface area contributed by atoms with Gasteiger partial charge in [-0.15, -0.1) is 11.8 Å². The molecule has 1 nitrogen and oxygen atoms in total. The van der Waals surface area contributed by atoms with Crippen molar-refractivity contribution in [2.75, 3.05) is 6.26 Å². The summed E-state index contributed by atoms with van der Waals surface area (Å²) >= 11 is 1.62. The van der Waals surface area contributed by atoms with Gasteiger partial charge in [-0.1, -0.05) is 67.2 Å². The van der Waals surface area contributed by atoms with Crippen molar-refractivity contribution in [3.8, 4) is 0 Å². The second kappa shape index (κ2) is 8.62. The maximum atomic E-state index is 10.4. The smallest absolute Gasteiger partial charge is 0.0798 e. The first kappa shape index (κ1) is 16.6. The van der Waals surface area contributed by atoms with Crippen molar-refractivity contribution in [3.63, 3.8) is 0 Å². The fourth-order valence-electron chi connectivity index (χ4n) is 2.27. The molecule has 2 rings (SSSR count). The van der Waals surface area contributed by atoms with E-state index in [9.17, 15) is 5.11 Å². The standard InChI is InChI=1S/C20H22OS/c1-16(19(21)14-13-17-9-5-3-6-10-17)20(22-2)15-18-11-7-4-8-12-18/h3-12,15,19,21H,1,13-14H2,2H3/b20-15-. The Morgan fingerprint density at radius 1 is 1.09 bits per heavy atom. The molecule has 0 spiro atoms. The molecule has 0 aliphatic rings. The number of aliphatic hydroxyl groups excluding tert-OH is 1. The summed E-state index contributed by atoms with van der Waals surface area (Å²) in [4.78, 5) is 1.03. The van der Waals surface area contributed by atoms with Crippen molar-refractivity contribution in [1.82, 2.24) is 0 Å². The topological polar surface area (TPSA) is 20.2 Å². The summed E-state index contributed by atoms with van der Waals surface area (Å²) in [5.74, 6) is 0.